The first kappa shape index (κ1) is 18.3. The van der Waals surface area contributed by atoms with Crippen LogP contribution in [0, 0.1) is 17.0 Å². The van der Waals surface area contributed by atoms with Crippen molar-refractivity contribution in [1.29, 1.82) is 0 Å². The first-order valence-electron chi connectivity index (χ1n) is 7.75. The zero-order valence-corrected chi connectivity index (χ0v) is 14.8. The fourth-order valence-corrected chi connectivity index (χ4v) is 2.80. The molecule has 10 heteroatoms. The lowest BCUT2D eigenvalue weighted by atomic mass is 10.2. The van der Waals surface area contributed by atoms with Crippen molar-refractivity contribution in [3.63, 3.8) is 0 Å². The summed E-state index contributed by atoms with van der Waals surface area (Å²) in [4.78, 5) is 26.5. The van der Waals surface area contributed by atoms with Crippen molar-refractivity contribution in [3.05, 3.63) is 62.9 Å². The highest BCUT2D eigenvalue weighted by atomic mass is 35.5. The van der Waals surface area contributed by atoms with Crippen LogP contribution < -0.4 is 10.5 Å². The normalized spacial score (nSPS) is 11.2. The Morgan fingerprint density at radius 2 is 2.15 bits per heavy atom. The number of hydrogen-bond donors (Lipinski definition) is 1. The summed E-state index contributed by atoms with van der Waals surface area (Å²) in [5.41, 5.74) is 3.11. The number of fused-ring (bicyclic) bond motifs is 1. The van der Waals surface area contributed by atoms with Gasteiger partial charge in [-0.25, -0.2) is 10.4 Å². The summed E-state index contributed by atoms with van der Waals surface area (Å²) in [5, 5.41) is 26.5. The second kappa shape index (κ2) is 7.42. The molecule has 27 heavy (non-hydrogen) atoms. The van der Waals surface area contributed by atoms with Crippen molar-refractivity contribution in [1.82, 2.24) is 15.0 Å². The van der Waals surface area contributed by atoms with Crippen LogP contribution >= 0.6 is 11.6 Å². The number of imidazole rings is 1. The average molecular weight is 387 g/mol. The Labute approximate surface area is 158 Å². The van der Waals surface area contributed by atoms with E-state index in [0.29, 0.717) is 5.82 Å². The van der Waals surface area contributed by atoms with Crippen molar-refractivity contribution in [2.45, 2.75) is 13.5 Å². The molecule has 0 aliphatic heterocycles. The summed E-state index contributed by atoms with van der Waals surface area (Å²) in [6, 6.07) is 9.59. The van der Waals surface area contributed by atoms with Crippen LogP contribution in [-0.4, -0.2) is 26.6 Å². The number of nitro groups is 1. The van der Waals surface area contributed by atoms with Gasteiger partial charge in [-0.15, -0.1) is 0 Å². The molecule has 0 aliphatic rings. The largest absolute Gasteiger partial charge is 0.867 e. The quantitative estimate of drug-likeness (QED) is 0.408. The minimum absolute atomic E-state index is 0.0228. The van der Waals surface area contributed by atoms with Gasteiger partial charge < -0.3 is 9.67 Å². The molecule has 0 unspecified atom stereocenters. The number of hydrazone groups is 1. The van der Waals surface area contributed by atoms with Crippen molar-refractivity contribution in [2.75, 3.05) is 0 Å². The standard InChI is InChI=1S/C17H14ClN5O4/c1-10-20-13-4-2-3-5-14(13)22(10)9-16(24)21-19-8-11-6-12(18)7-15(17(11)25)23(26)27/h2-8,25H,9H2,1H3,(H,21,24)/p-1/b19-8-. The molecule has 0 spiro atoms. The van der Waals surface area contributed by atoms with Crippen molar-refractivity contribution >= 4 is 40.4 Å². The first-order valence-corrected chi connectivity index (χ1v) is 8.13. The number of nitrogens with one attached hydrogen (secondary N) is 1. The molecular formula is C17H13ClN5O4-. The Morgan fingerprint density at radius 1 is 1.41 bits per heavy atom. The van der Waals surface area contributed by atoms with Gasteiger partial charge in [0.05, 0.1) is 22.2 Å². The van der Waals surface area contributed by atoms with Gasteiger partial charge in [0.25, 0.3) is 11.6 Å². The van der Waals surface area contributed by atoms with E-state index in [1.807, 2.05) is 24.3 Å². The Hall–Kier alpha value is -3.46. The molecule has 0 saturated carbocycles. The SMILES string of the molecule is Cc1nc2ccccc2n1CC(=O)N/N=C\c1cc(Cl)cc([N+](=O)[O-])c1[O-]. The number of aryl methyl sites for hydroxylation is 1. The Bertz CT molecular complexity index is 1080. The van der Waals surface area contributed by atoms with Crippen LogP contribution in [0.5, 0.6) is 5.75 Å². The highest BCUT2D eigenvalue weighted by Crippen LogP contribution is 2.29. The summed E-state index contributed by atoms with van der Waals surface area (Å²) in [7, 11) is 0. The van der Waals surface area contributed by atoms with Gasteiger partial charge in [-0.2, -0.15) is 5.10 Å². The van der Waals surface area contributed by atoms with E-state index in [1.54, 1.807) is 11.5 Å². The molecule has 1 heterocycles. The molecule has 2 aromatic carbocycles. The van der Waals surface area contributed by atoms with Crippen LogP contribution in [0.2, 0.25) is 5.02 Å². The highest BCUT2D eigenvalue weighted by molar-refractivity contribution is 6.31. The zero-order valence-electron chi connectivity index (χ0n) is 14.0. The molecule has 0 fully saturated rings. The number of benzene rings is 2. The minimum Gasteiger partial charge on any atom is -0.867 e. The van der Waals surface area contributed by atoms with E-state index in [-0.39, 0.29) is 17.1 Å². The predicted molar refractivity (Wildman–Crippen MR) is 97.8 cm³/mol. The molecule has 0 atom stereocenters. The number of carbonyl (C=O) groups excluding carboxylic acids is 1. The molecule has 3 aromatic rings. The fourth-order valence-electron chi connectivity index (χ4n) is 2.58. The van der Waals surface area contributed by atoms with Crippen LogP contribution in [0.1, 0.15) is 11.4 Å². The number of rotatable bonds is 5. The molecule has 138 valence electrons. The van der Waals surface area contributed by atoms with Gasteiger partial charge in [-0.05, 0) is 36.4 Å². The summed E-state index contributed by atoms with van der Waals surface area (Å²) < 4.78 is 1.73. The third-order valence-corrected chi connectivity index (χ3v) is 4.02. The number of para-hydroxylation sites is 2. The second-order valence-corrected chi connectivity index (χ2v) is 6.06. The van der Waals surface area contributed by atoms with E-state index in [2.05, 4.69) is 15.5 Å². The molecule has 0 aliphatic carbocycles. The maximum absolute atomic E-state index is 12.1. The van der Waals surface area contributed by atoms with Gasteiger partial charge in [0, 0.05) is 11.1 Å². The topological polar surface area (TPSA) is 125 Å². The van der Waals surface area contributed by atoms with E-state index in [9.17, 15) is 20.0 Å². The number of nitro benzene ring substituents is 1. The summed E-state index contributed by atoms with van der Waals surface area (Å²) in [5.74, 6) is -0.608. The first-order chi connectivity index (χ1) is 12.9. The lowest BCUT2D eigenvalue weighted by Crippen LogP contribution is -2.23. The number of carbonyl (C=O) groups is 1. The Balaban J connectivity index is 1.74. The molecule has 0 saturated heterocycles. The lowest BCUT2D eigenvalue weighted by molar-refractivity contribution is -0.398. The fraction of sp³-hybridized carbons (Fsp3) is 0.118. The minimum atomic E-state index is -0.834. The molecule has 1 N–H and O–H groups in total. The molecule has 0 bridgehead atoms. The van der Waals surface area contributed by atoms with E-state index >= 15 is 0 Å². The van der Waals surface area contributed by atoms with Gasteiger partial charge in [0.1, 0.15) is 12.4 Å². The zero-order chi connectivity index (χ0) is 19.6. The predicted octanol–water partition coefficient (Wildman–Crippen LogP) is 2.13. The maximum atomic E-state index is 12.1. The van der Waals surface area contributed by atoms with Gasteiger partial charge in [-0.1, -0.05) is 23.7 Å². The molecule has 9 nitrogen and oxygen atoms in total. The molecule has 1 aromatic heterocycles. The summed E-state index contributed by atoms with van der Waals surface area (Å²) in [6.07, 6.45) is 1.03. The van der Waals surface area contributed by atoms with Crippen LogP contribution in [0.3, 0.4) is 0 Å². The van der Waals surface area contributed by atoms with E-state index in [1.165, 1.54) is 6.07 Å². The van der Waals surface area contributed by atoms with Crippen LogP contribution in [-0.2, 0) is 11.3 Å². The van der Waals surface area contributed by atoms with Gasteiger partial charge in [-0.3, -0.25) is 14.9 Å². The Kier molecular flexibility index (Phi) is 5.04. The number of amides is 1. The monoisotopic (exact) mass is 386 g/mol. The van der Waals surface area contributed by atoms with Gasteiger partial charge in [0.15, 0.2) is 0 Å². The molecule has 1 amide bonds. The lowest BCUT2D eigenvalue weighted by Gasteiger charge is -2.10. The Morgan fingerprint density at radius 3 is 2.89 bits per heavy atom. The van der Waals surface area contributed by atoms with Crippen LogP contribution in [0.25, 0.3) is 11.0 Å². The van der Waals surface area contributed by atoms with Gasteiger partial charge >= 0.3 is 0 Å². The van der Waals surface area contributed by atoms with Gasteiger partial charge in [0.2, 0.25) is 0 Å². The molecular weight excluding hydrogens is 374 g/mol. The maximum Gasteiger partial charge on any atom is 0.263 e. The third kappa shape index (κ3) is 3.87. The van der Waals surface area contributed by atoms with E-state index in [4.69, 9.17) is 11.6 Å². The highest BCUT2D eigenvalue weighted by Gasteiger charge is 2.12. The molecule has 0 radical (unpaired) electrons. The van der Waals surface area contributed by atoms with Crippen molar-refractivity contribution in [3.8, 4) is 5.75 Å². The van der Waals surface area contributed by atoms with E-state index < -0.39 is 22.3 Å². The average Bonchev–Trinajstić information content (AvgIpc) is 2.93. The number of nitrogens with zero attached hydrogens (tertiary/aromatic N) is 4. The van der Waals surface area contributed by atoms with Crippen LogP contribution in [0.15, 0.2) is 41.5 Å². The number of hydrogen-bond acceptors (Lipinski definition) is 6. The van der Waals surface area contributed by atoms with Crippen molar-refractivity contribution in [2.24, 2.45) is 5.10 Å². The van der Waals surface area contributed by atoms with Crippen molar-refractivity contribution < 1.29 is 14.8 Å². The summed E-state index contributed by atoms with van der Waals surface area (Å²) in [6.45, 7) is 1.76. The smallest absolute Gasteiger partial charge is 0.263 e. The molecule has 3 rings (SSSR count). The second-order valence-electron chi connectivity index (χ2n) is 5.63. The number of aromatic nitrogens is 2. The van der Waals surface area contributed by atoms with E-state index in [0.717, 1.165) is 23.3 Å². The van der Waals surface area contributed by atoms with Crippen LogP contribution in [0.4, 0.5) is 5.69 Å². The third-order valence-electron chi connectivity index (χ3n) is 3.80. The summed E-state index contributed by atoms with van der Waals surface area (Å²) >= 11 is 5.77. The number of halogens is 1.